The molecule has 0 unspecified atom stereocenters. The van der Waals surface area contributed by atoms with E-state index < -0.39 is 15.1 Å². The van der Waals surface area contributed by atoms with E-state index in [1.807, 2.05) is 5.38 Å². The van der Waals surface area contributed by atoms with Gasteiger partial charge in [0, 0.05) is 22.0 Å². The molecule has 0 aliphatic rings. The van der Waals surface area contributed by atoms with Gasteiger partial charge in [0.05, 0.1) is 0 Å². The van der Waals surface area contributed by atoms with Crippen LogP contribution in [0, 0.1) is 0 Å². The van der Waals surface area contributed by atoms with Crippen molar-refractivity contribution in [3.05, 3.63) is 74.8 Å². The van der Waals surface area contributed by atoms with Crippen molar-refractivity contribution in [2.45, 2.75) is 9.46 Å². The van der Waals surface area contributed by atoms with Crippen LogP contribution in [-0.2, 0) is 9.84 Å². The molecule has 0 saturated carbocycles. The molecule has 3 rings (SSSR count). The number of rotatable bonds is 6. The summed E-state index contributed by atoms with van der Waals surface area (Å²) < 4.78 is 26.2. The Kier molecular flexibility index (Phi) is 5.58. The summed E-state index contributed by atoms with van der Waals surface area (Å²) in [5.74, 6) is -0.356. The van der Waals surface area contributed by atoms with Gasteiger partial charge < -0.3 is 5.32 Å². The average Bonchev–Trinajstić information content (AvgIpc) is 3.28. The van der Waals surface area contributed by atoms with Crippen molar-refractivity contribution < 1.29 is 13.2 Å². The summed E-state index contributed by atoms with van der Waals surface area (Å²) in [6.07, 6.45) is 0. The lowest BCUT2D eigenvalue weighted by Gasteiger charge is -2.16. The highest BCUT2D eigenvalue weighted by molar-refractivity contribution is 7.93. The Morgan fingerprint density at radius 2 is 1.84 bits per heavy atom. The maximum atomic E-state index is 12.9. The number of sulfone groups is 1. The van der Waals surface area contributed by atoms with Crippen molar-refractivity contribution in [3.63, 3.8) is 0 Å². The lowest BCUT2D eigenvalue weighted by atomic mass is 10.2. The van der Waals surface area contributed by atoms with E-state index in [0.717, 1.165) is 0 Å². The van der Waals surface area contributed by atoms with E-state index in [2.05, 4.69) is 5.32 Å². The van der Waals surface area contributed by atoms with Crippen LogP contribution in [0.5, 0.6) is 0 Å². The standard InChI is InChI=1S/C17H14ClNO3S3/c18-13-5-1-4-12(10-13)17(20)19-11-15(14-6-2-8-23-14)25(21,22)16-7-3-9-24-16/h1-10,15H,11H2,(H,19,20)/t15-/m1/s1. The number of carbonyl (C=O) groups is 1. The van der Waals surface area contributed by atoms with Gasteiger partial charge in [-0.05, 0) is 41.1 Å². The fourth-order valence-corrected chi connectivity index (χ4v) is 6.50. The van der Waals surface area contributed by atoms with Crippen LogP contribution in [0.25, 0.3) is 0 Å². The van der Waals surface area contributed by atoms with E-state index in [9.17, 15) is 13.2 Å². The third kappa shape index (κ3) is 4.12. The van der Waals surface area contributed by atoms with Crippen LogP contribution in [0.1, 0.15) is 20.5 Å². The van der Waals surface area contributed by atoms with Crippen LogP contribution in [0.4, 0.5) is 0 Å². The summed E-state index contributed by atoms with van der Waals surface area (Å²) in [7, 11) is -3.58. The zero-order valence-electron chi connectivity index (χ0n) is 12.9. The minimum atomic E-state index is -3.58. The number of nitrogens with one attached hydrogen (secondary N) is 1. The van der Waals surface area contributed by atoms with Gasteiger partial charge in [0.1, 0.15) is 9.46 Å². The van der Waals surface area contributed by atoms with Gasteiger partial charge in [-0.1, -0.05) is 29.8 Å². The summed E-state index contributed by atoms with van der Waals surface area (Å²) in [5, 5.41) is 5.89. The van der Waals surface area contributed by atoms with E-state index in [0.29, 0.717) is 19.7 Å². The molecule has 1 aromatic carbocycles. The molecule has 1 amide bonds. The molecule has 1 atom stereocenters. The van der Waals surface area contributed by atoms with Gasteiger partial charge in [0.15, 0.2) is 9.84 Å². The van der Waals surface area contributed by atoms with Crippen LogP contribution in [-0.4, -0.2) is 20.9 Å². The van der Waals surface area contributed by atoms with Gasteiger partial charge in [-0.15, -0.1) is 22.7 Å². The largest absolute Gasteiger partial charge is 0.350 e. The lowest BCUT2D eigenvalue weighted by molar-refractivity contribution is 0.0954. The highest BCUT2D eigenvalue weighted by Crippen LogP contribution is 2.33. The Morgan fingerprint density at radius 3 is 2.48 bits per heavy atom. The summed E-state index contributed by atoms with van der Waals surface area (Å²) >= 11 is 8.43. The second-order valence-corrected chi connectivity index (χ2v) is 9.92. The molecule has 0 spiro atoms. The number of halogens is 1. The van der Waals surface area contributed by atoms with Crippen LogP contribution >= 0.6 is 34.3 Å². The Bertz CT molecular complexity index is 951. The summed E-state index contributed by atoms with van der Waals surface area (Å²) in [4.78, 5) is 13.0. The molecule has 0 radical (unpaired) electrons. The first-order valence-electron chi connectivity index (χ1n) is 7.33. The first-order valence-corrected chi connectivity index (χ1v) is 11.0. The number of thiophene rings is 2. The monoisotopic (exact) mass is 411 g/mol. The predicted octanol–water partition coefficient (Wildman–Crippen LogP) is 4.41. The van der Waals surface area contributed by atoms with Crippen molar-refractivity contribution >= 4 is 50.0 Å². The van der Waals surface area contributed by atoms with E-state index in [1.54, 1.807) is 53.9 Å². The van der Waals surface area contributed by atoms with E-state index >= 15 is 0 Å². The first kappa shape index (κ1) is 18.1. The topological polar surface area (TPSA) is 63.2 Å². The molecule has 0 bridgehead atoms. The van der Waals surface area contributed by atoms with E-state index in [4.69, 9.17) is 11.6 Å². The number of amides is 1. The molecule has 8 heteroatoms. The molecular weight excluding hydrogens is 398 g/mol. The second-order valence-electron chi connectivity index (χ2n) is 5.20. The van der Waals surface area contributed by atoms with Crippen molar-refractivity contribution in [3.8, 4) is 0 Å². The van der Waals surface area contributed by atoms with Gasteiger partial charge in [0.2, 0.25) is 0 Å². The highest BCUT2D eigenvalue weighted by Gasteiger charge is 2.31. The molecular formula is C17H14ClNO3S3. The average molecular weight is 412 g/mol. The molecule has 0 fully saturated rings. The van der Waals surface area contributed by atoms with Crippen LogP contribution < -0.4 is 5.32 Å². The Hall–Kier alpha value is -1.67. The summed E-state index contributed by atoms with van der Waals surface area (Å²) in [5.41, 5.74) is 0.394. The molecule has 4 nitrogen and oxygen atoms in total. The smallest absolute Gasteiger partial charge is 0.251 e. The van der Waals surface area contributed by atoms with Crippen molar-refractivity contribution in [1.29, 1.82) is 0 Å². The van der Waals surface area contributed by atoms with Gasteiger partial charge in [-0.2, -0.15) is 0 Å². The quantitative estimate of drug-likeness (QED) is 0.653. The molecule has 0 aliphatic carbocycles. The molecule has 25 heavy (non-hydrogen) atoms. The fourth-order valence-electron chi connectivity index (χ4n) is 2.32. The molecule has 2 heterocycles. The zero-order chi connectivity index (χ0) is 17.9. The van der Waals surface area contributed by atoms with Gasteiger partial charge >= 0.3 is 0 Å². The number of hydrogen-bond acceptors (Lipinski definition) is 5. The number of hydrogen-bond donors (Lipinski definition) is 1. The normalized spacial score (nSPS) is 12.7. The van der Waals surface area contributed by atoms with Gasteiger partial charge in [-0.25, -0.2) is 8.42 Å². The van der Waals surface area contributed by atoms with Crippen LogP contribution in [0.3, 0.4) is 0 Å². The number of benzene rings is 1. The minimum absolute atomic E-state index is 0.00784. The van der Waals surface area contributed by atoms with Crippen molar-refractivity contribution in [1.82, 2.24) is 5.32 Å². The third-order valence-corrected chi connectivity index (χ3v) is 8.43. The highest BCUT2D eigenvalue weighted by atomic mass is 35.5. The fraction of sp³-hybridized carbons (Fsp3) is 0.118. The Morgan fingerprint density at radius 1 is 1.08 bits per heavy atom. The van der Waals surface area contributed by atoms with Crippen molar-refractivity contribution in [2.24, 2.45) is 0 Å². The SMILES string of the molecule is O=C(NC[C@H](c1cccs1)S(=O)(=O)c1cccs1)c1cccc(Cl)c1. The molecule has 1 N–H and O–H groups in total. The van der Waals surface area contributed by atoms with Gasteiger partial charge in [-0.3, -0.25) is 4.79 Å². The zero-order valence-corrected chi connectivity index (χ0v) is 16.1. The van der Waals surface area contributed by atoms with E-state index in [-0.39, 0.29) is 12.5 Å². The molecule has 0 aliphatic heterocycles. The maximum Gasteiger partial charge on any atom is 0.251 e. The van der Waals surface area contributed by atoms with Crippen molar-refractivity contribution in [2.75, 3.05) is 6.54 Å². The Labute approximate surface area is 159 Å². The minimum Gasteiger partial charge on any atom is -0.350 e. The number of carbonyl (C=O) groups excluding carboxylic acids is 1. The third-order valence-electron chi connectivity index (χ3n) is 3.55. The molecule has 130 valence electrons. The van der Waals surface area contributed by atoms with Crippen LogP contribution in [0.15, 0.2) is 63.5 Å². The maximum absolute atomic E-state index is 12.9. The second kappa shape index (κ2) is 7.70. The summed E-state index contributed by atoms with van der Waals surface area (Å²) in [6, 6.07) is 13.4. The molecule has 0 saturated heterocycles. The predicted molar refractivity (Wildman–Crippen MR) is 102 cm³/mol. The summed E-state index contributed by atoms with van der Waals surface area (Å²) in [6.45, 7) is -0.00784. The van der Waals surface area contributed by atoms with E-state index in [1.165, 1.54) is 22.7 Å². The Balaban J connectivity index is 1.83. The van der Waals surface area contributed by atoms with Gasteiger partial charge in [0.25, 0.3) is 5.91 Å². The molecule has 2 aromatic heterocycles. The molecule has 3 aromatic rings. The van der Waals surface area contributed by atoms with Crippen LogP contribution in [0.2, 0.25) is 5.02 Å². The first-order chi connectivity index (χ1) is 12.0. The lowest BCUT2D eigenvalue weighted by Crippen LogP contribution is -2.31.